The molecule has 18 heavy (non-hydrogen) atoms. The van der Waals surface area contributed by atoms with Gasteiger partial charge in [-0.25, -0.2) is 9.18 Å². The Hall–Kier alpha value is -2.37. The third kappa shape index (κ3) is 2.32. The first-order valence-electron chi connectivity index (χ1n) is 5.28. The Kier molecular flexibility index (Phi) is 3.01. The fraction of sp³-hybridized carbons (Fsp3) is 0.167. The molecule has 0 spiro atoms. The summed E-state index contributed by atoms with van der Waals surface area (Å²) in [4.78, 5) is 11.0. The highest BCUT2D eigenvalue weighted by molar-refractivity contribution is 5.95. The first-order chi connectivity index (χ1) is 8.47. The molecule has 0 aliphatic carbocycles. The molecule has 0 amide bonds. The van der Waals surface area contributed by atoms with E-state index in [1.54, 1.807) is 17.8 Å². The second-order valence-corrected chi connectivity index (χ2v) is 3.91. The van der Waals surface area contributed by atoms with Crippen LogP contribution in [0.1, 0.15) is 16.1 Å². The molecule has 2 N–H and O–H groups in total. The number of carboxylic acids is 1. The van der Waals surface area contributed by atoms with Gasteiger partial charge in [-0.3, -0.25) is 4.68 Å². The van der Waals surface area contributed by atoms with Crippen molar-refractivity contribution in [2.45, 2.75) is 6.92 Å². The second kappa shape index (κ2) is 4.48. The second-order valence-electron chi connectivity index (χ2n) is 3.91. The number of hydrogen-bond acceptors (Lipinski definition) is 3. The molecule has 1 heterocycles. The highest BCUT2D eigenvalue weighted by atomic mass is 19.1. The Morgan fingerprint density at radius 3 is 2.72 bits per heavy atom. The van der Waals surface area contributed by atoms with E-state index in [0.717, 1.165) is 11.8 Å². The summed E-state index contributed by atoms with van der Waals surface area (Å²) >= 11 is 0. The molecule has 0 atom stereocenters. The molecule has 0 saturated heterocycles. The van der Waals surface area contributed by atoms with Gasteiger partial charge in [-0.2, -0.15) is 5.10 Å². The molecular formula is C12H12FN3O2. The lowest BCUT2D eigenvalue weighted by atomic mass is 10.1. The number of aromatic nitrogens is 2. The Bertz CT molecular complexity index is 607. The quantitative estimate of drug-likeness (QED) is 0.875. The number of aryl methyl sites for hydroxylation is 2. The number of hydrogen-bond donors (Lipinski definition) is 2. The number of rotatable bonds is 3. The van der Waals surface area contributed by atoms with Gasteiger partial charge in [-0.05, 0) is 25.1 Å². The van der Waals surface area contributed by atoms with Gasteiger partial charge in [0.2, 0.25) is 0 Å². The van der Waals surface area contributed by atoms with Crippen LogP contribution in [0.5, 0.6) is 0 Å². The molecule has 0 fully saturated rings. The van der Waals surface area contributed by atoms with E-state index in [1.165, 1.54) is 12.1 Å². The van der Waals surface area contributed by atoms with Crippen LogP contribution >= 0.6 is 0 Å². The van der Waals surface area contributed by atoms with Gasteiger partial charge in [-0.1, -0.05) is 0 Å². The normalized spacial score (nSPS) is 10.4. The van der Waals surface area contributed by atoms with E-state index >= 15 is 0 Å². The van der Waals surface area contributed by atoms with Gasteiger partial charge in [0.25, 0.3) is 0 Å². The van der Waals surface area contributed by atoms with Gasteiger partial charge in [0.1, 0.15) is 11.6 Å². The molecular weight excluding hydrogens is 237 g/mol. The van der Waals surface area contributed by atoms with E-state index in [-0.39, 0.29) is 5.56 Å². The van der Waals surface area contributed by atoms with E-state index in [4.69, 9.17) is 5.11 Å². The maximum absolute atomic E-state index is 13.0. The SMILES string of the molecule is Cc1cc(Nc2ccc(F)cc2C(=O)O)n(C)n1. The number of nitrogens with one attached hydrogen (secondary N) is 1. The van der Waals surface area contributed by atoms with E-state index in [2.05, 4.69) is 10.4 Å². The van der Waals surface area contributed by atoms with Crippen molar-refractivity contribution in [3.05, 3.63) is 41.3 Å². The van der Waals surface area contributed by atoms with Gasteiger partial charge in [-0.15, -0.1) is 0 Å². The Labute approximate surface area is 103 Å². The minimum Gasteiger partial charge on any atom is -0.478 e. The van der Waals surface area contributed by atoms with Crippen molar-refractivity contribution >= 4 is 17.5 Å². The van der Waals surface area contributed by atoms with E-state index in [9.17, 15) is 9.18 Å². The third-order valence-electron chi connectivity index (χ3n) is 2.48. The van der Waals surface area contributed by atoms with Crippen LogP contribution in [0.15, 0.2) is 24.3 Å². The summed E-state index contributed by atoms with van der Waals surface area (Å²) < 4.78 is 14.6. The lowest BCUT2D eigenvalue weighted by Crippen LogP contribution is -2.05. The highest BCUT2D eigenvalue weighted by Crippen LogP contribution is 2.22. The molecule has 2 aromatic rings. The fourth-order valence-corrected chi connectivity index (χ4v) is 1.67. The van der Waals surface area contributed by atoms with Crippen LogP contribution in [0.2, 0.25) is 0 Å². The molecule has 0 radical (unpaired) electrons. The molecule has 6 heteroatoms. The smallest absolute Gasteiger partial charge is 0.337 e. The Morgan fingerprint density at radius 2 is 2.17 bits per heavy atom. The van der Waals surface area contributed by atoms with Crippen LogP contribution in [-0.2, 0) is 7.05 Å². The Morgan fingerprint density at radius 1 is 1.44 bits per heavy atom. The zero-order valence-electron chi connectivity index (χ0n) is 9.94. The number of carbonyl (C=O) groups is 1. The molecule has 0 unspecified atom stereocenters. The van der Waals surface area contributed by atoms with Crippen molar-refractivity contribution < 1.29 is 14.3 Å². The maximum atomic E-state index is 13.0. The summed E-state index contributed by atoms with van der Waals surface area (Å²) in [6.45, 7) is 1.83. The lowest BCUT2D eigenvalue weighted by molar-refractivity contribution is 0.0697. The number of aromatic carboxylic acids is 1. The van der Waals surface area contributed by atoms with Gasteiger partial charge in [0.05, 0.1) is 16.9 Å². The predicted molar refractivity (Wildman–Crippen MR) is 64.6 cm³/mol. The zero-order valence-corrected chi connectivity index (χ0v) is 9.94. The van der Waals surface area contributed by atoms with Gasteiger partial charge >= 0.3 is 5.97 Å². The summed E-state index contributed by atoms with van der Waals surface area (Å²) in [5, 5.41) is 16.1. The minimum atomic E-state index is -1.18. The fourth-order valence-electron chi connectivity index (χ4n) is 1.67. The molecule has 94 valence electrons. The van der Waals surface area contributed by atoms with Crippen molar-refractivity contribution in [2.24, 2.45) is 7.05 Å². The van der Waals surface area contributed by atoms with Crippen LogP contribution in [-0.4, -0.2) is 20.9 Å². The zero-order chi connectivity index (χ0) is 13.3. The van der Waals surface area contributed by atoms with Crippen molar-refractivity contribution in [1.82, 2.24) is 9.78 Å². The average molecular weight is 249 g/mol. The predicted octanol–water partition coefficient (Wildman–Crippen LogP) is 2.31. The van der Waals surface area contributed by atoms with Crippen molar-refractivity contribution in [1.29, 1.82) is 0 Å². The lowest BCUT2D eigenvalue weighted by Gasteiger charge is -2.09. The largest absolute Gasteiger partial charge is 0.478 e. The molecule has 0 saturated carbocycles. The van der Waals surface area contributed by atoms with Crippen LogP contribution in [0.25, 0.3) is 0 Å². The topological polar surface area (TPSA) is 67.2 Å². The van der Waals surface area contributed by atoms with Crippen LogP contribution in [0.4, 0.5) is 15.9 Å². The maximum Gasteiger partial charge on any atom is 0.337 e. The van der Waals surface area contributed by atoms with Crippen molar-refractivity contribution in [3.63, 3.8) is 0 Å². The van der Waals surface area contributed by atoms with Gasteiger partial charge < -0.3 is 10.4 Å². The Balaban J connectivity index is 2.40. The molecule has 0 bridgehead atoms. The summed E-state index contributed by atoms with van der Waals surface area (Å²) in [6, 6.07) is 5.35. The third-order valence-corrected chi connectivity index (χ3v) is 2.48. The number of carboxylic acid groups (broad SMARTS) is 1. The van der Waals surface area contributed by atoms with Gasteiger partial charge in [0, 0.05) is 13.1 Å². The first kappa shape index (κ1) is 12.1. The number of nitrogens with zero attached hydrogens (tertiary/aromatic N) is 2. The average Bonchev–Trinajstić information content (AvgIpc) is 2.60. The van der Waals surface area contributed by atoms with Gasteiger partial charge in [0.15, 0.2) is 0 Å². The van der Waals surface area contributed by atoms with Crippen LogP contribution in [0, 0.1) is 12.7 Å². The molecule has 2 rings (SSSR count). The number of anilines is 2. The van der Waals surface area contributed by atoms with E-state index in [0.29, 0.717) is 11.5 Å². The molecule has 1 aromatic carbocycles. The summed E-state index contributed by atoms with van der Waals surface area (Å²) in [7, 11) is 1.74. The van der Waals surface area contributed by atoms with Crippen LogP contribution in [0.3, 0.4) is 0 Å². The number of benzene rings is 1. The minimum absolute atomic E-state index is 0.117. The monoisotopic (exact) mass is 249 g/mol. The standard InChI is InChI=1S/C12H12FN3O2/c1-7-5-11(16(2)15-7)14-10-4-3-8(13)6-9(10)12(17)18/h3-6,14H,1-2H3,(H,17,18). The van der Waals surface area contributed by atoms with Crippen molar-refractivity contribution in [3.8, 4) is 0 Å². The molecule has 5 nitrogen and oxygen atoms in total. The summed E-state index contributed by atoms with van der Waals surface area (Å²) in [6.07, 6.45) is 0. The number of halogens is 1. The summed E-state index contributed by atoms with van der Waals surface area (Å²) in [5.74, 6) is -1.13. The first-order valence-corrected chi connectivity index (χ1v) is 5.28. The van der Waals surface area contributed by atoms with E-state index < -0.39 is 11.8 Å². The van der Waals surface area contributed by atoms with Crippen LogP contribution < -0.4 is 5.32 Å². The van der Waals surface area contributed by atoms with E-state index in [1.807, 2.05) is 6.92 Å². The van der Waals surface area contributed by atoms with Crippen molar-refractivity contribution in [2.75, 3.05) is 5.32 Å². The molecule has 1 aromatic heterocycles. The molecule has 0 aliphatic rings. The summed E-state index contributed by atoms with van der Waals surface area (Å²) in [5.41, 5.74) is 1.01. The molecule has 0 aliphatic heterocycles. The highest BCUT2D eigenvalue weighted by Gasteiger charge is 2.12.